The smallest absolute Gasteiger partial charge is 0.223 e. The fraction of sp³-hybridized carbons (Fsp3) is 0.211. The van der Waals surface area contributed by atoms with Crippen LogP contribution in [0.15, 0.2) is 61.1 Å². The molecule has 2 aromatic heterocycles. The van der Waals surface area contributed by atoms with E-state index < -0.39 is 0 Å². The SMILES string of the molecule is CCc1ncc(CNCc2cccnc2Oc2ccccc2)cn1. The molecule has 0 saturated heterocycles. The van der Waals surface area contributed by atoms with Gasteiger partial charge < -0.3 is 10.1 Å². The first kappa shape index (κ1) is 16.1. The number of benzene rings is 1. The van der Waals surface area contributed by atoms with Crippen molar-refractivity contribution in [3.8, 4) is 11.6 Å². The number of pyridine rings is 1. The van der Waals surface area contributed by atoms with E-state index in [2.05, 4.69) is 20.3 Å². The molecule has 0 bridgehead atoms. The van der Waals surface area contributed by atoms with Gasteiger partial charge in [-0.05, 0) is 18.2 Å². The van der Waals surface area contributed by atoms with E-state index in [0.717, 1.165) is 29.1 Å². The molecule has 0 aliphatic carbocycles. The van der Waals surface area contributed by atoms with Crippen molar-refractivity contribution in [2.45, 2.75) is 26.4 Å². The van der Waals surface area contributed by atoms with Crippen molar-refractivity contribution in [1.29, 1.82) is 0 Å². The molecule has 0 spiro atoms. The molecule has 0 saturated carbocycles. The van der Waals surface area contributed by atoms with Crippen LogP contribution in [0.5, 0.6) is 11.6 Å². The Kier molecular flexibility index (Phi) is 5.48. The number of hydrogen-bond donors (Lipinski definition) is 1. The van der Waals surface area contributed by atoms with Gasteiger partial charge in [-0.1, -0.05) is 31.2 Å². The third kappa shape index (κ3) is 4.36. The molecule has 0 atom stereocenters. The first-order chi connectivity index (χ1) is 11.8. The Bertz CT molecular complexity index is 760. The molecule has 0 aliphatic heterocycles. The summed E-state index contributed by atoms with van der Waals surface area (Å²) in [5, 5.41) is 3.38. The molecule has 5 heteroatoms. The molecule has 1 N–H and O–H groups in total. The van der Waals surface area contributed by atoms with Gasteiger partial charge in [0.25, 0.3) is 0 Å². The van der Waals surface area contributed by atoms with E-state index in [1.165, 1.54) is 0 Å². The largest absolute Gasteiger partial charge is 0.439 e. The van der Waals surface area contributed by atoms with Gasteiger partial charge in [-0.15, -0.1) is 0 Å². The first-order valence-electron chi connectivity index (χ1n) is 8.02. The molecular formula is C19H20N4O. The molecular weight excluding hydrogens is 300 g/mol. The van der Waals surface area contributed by atoms with Crippen molar-refractivity contribution in [2.24, 2.45) is 0 Å². The third-order valence-corrected chi connectivity index (χ3v) is 3.53. The van der Waals surface area contributed by atoms with Gasteiger partial charge in [0.2, 0.25) is 5.88 Å². The topological polar surface area (TPSA) is 59.9 Å². The summed E-state index contributed by atoms with van der Waals surface area (Å²) >= 11 is 0. The maximum atomic E-state index is 5.87. The van der Waals surface area contributed by atoms with Crippen LogP contribution in [0.2, 0.25) is 0 Å². The van der Waals surface area contributed by atoms with Gasteiger partial charge in [-0.3, -0.25) is 0 Å². The van der Waals surface area contributed by atoms with Gasteiger partial charge in [-0.25, -0.2) is 15.0 Å². The highest BCUT2D eigenvalue weighted by Gasteiger charge is 2.06. The van der Waals surface area contributed by atoms with E-state index in [1.807, 2.05) is 61.8 Å². The summed E-state index contributed by atoms with van der Waals surface area (Å²) in [6, 6.07) is 13.6. The molecule has 24 heavy (non-hydrogen) atoms. The molecule has 3 rings (SSSR count). The predicted molar refractivity (Wildman–Crippen MR) is 92.7 cm³/mol. The Morgan fingerprint density at radius 1 is 0.917 bits per heavy atom. The van der Waals surface area contributed by atoms with E-state index in [4.69, 9.17) is 4.74 Å². The maximum absolute atomic E-state index is 5.87. The molecule has 1 aromatic carbocycles. The van der Waals surface area contributed by atoms with Gasteiger partial charge in [0, 0.05) is 49.2 Å². The van der Waals surface area contributed by atoms with Crippen LogP contribution in [0.3, 0.4) is 0 Å². The van der Waals surface area contributed by atoms with E-state index >= 15 is 0 Å². The van der Waals surface area contributed by atoms with E-state index in [-0.39, 0.29) is 0 Å². The first-order valence-corrected chi connectivity index (χ1v) is 8.02. The Balaban J connectivity index is 1.60. The summed E-state index contributed by atoms with van der Waals surface area (Å²) in [4.78, 5) is 13.0. The molecule has 0 unspecified atom stereocenters. The highest BCUT2D eigenvalue weighted by Crippen LogP contribution is 2.22. The summed E-state index contributed by atoms with van der Waals surface area (Å²) in [5.74, 6) is 2.26. The van der Waals surface area contributed by atoms with Crippen LogP contribution in [0.1, 0.15) is 23.9 Å². The monoisotopic (exact) mass is 320 g/mol. The molecule has 122 valence electrons. The van der Waals surface area contributed by atoms with E-state index in [0.29, 0.717) is 19.0 Å². The van der Waals surface area contributed by atoms with Crippen molar-refractivity contribution < 1.29 is 4.74 Å². The average molecular weight is 320 g/mol. The van der Waals surface area contributed by atoms with Gasteiger partial charge in [0.05, 0.1) is 0 Å². The highest BCUT2D eigenvalue weighted by atomic mass is 16.5. The second-order valence-electron chi connectivity index (χ2n) is 5.35. The lowest BCUT2D eigenvalue weighted by Crippen LogP contribution is -2.14. The van der Waals surface area contributed by atoms with Crippen LogP contribution < -0.4 is 10.1 Å². The number of aryl methyl sites for hydroxylation is 1. The number of rotatable bonds is 7. The van der Waals surface area contributed by atoms with Crippen molar-refractivity contribution >= 4 is 0 Å². The maximum Gasteiger partial charge on any atom is 0.223 e. The van der Waals surface area contributed by atoms with Crippen molar-refractivity contribution in [3.63, 3.8) is 0 Å². The Morgan fingerprint density at radius 3 is 2.46 bits per heavy atom. The fourth-order valence-corrected chi connectivity index (χ4v) is 2.25. The van der Waals surface area contributed by atoms with Crippen LogP contribution in [0.25, 0.3) is 0 Å². The molecule has 0 aliphatic rings. The lowest BCUT2D eigenvalue weighted by atomic mass is 10.2. The highest BCUT2D eigenvalue weighted by molar-refractivity contribution is 5.32. The summed E-state index contributed by atoms with van der Waals surface area (Å²) in [5.41, 5.74) is 2.06. The lowest BCUT2D eigenvalue weighted by molar-refractivity contribution is 0.452. The summed E-state index contributed by atoms with van der Waals surface area (Å²) in [6.45, 7) is 3.40. The van der Waals surface area contributed by atoms with Gasteiger partial charge in [0.1, 0.15) is 11.6 Å². The van der Waals surface area contributed by atoms with Crippen molar-refractivity contribution in [3.05, 3.63) is 78.0 Å². The van der Waals surface area contributed by atoms with Gasteiger partial charge in [-0.2, -0.15) is 0 Å². The second kappa shape index (κ2) is 8.17. The summed E-state index contributed by atoms with van der Waals surface area (Å²) in [6.07, 6.45) is 6.32. The molecule has 0 radical (unpaired) electrons. The average Bonchev–Trinajstić information content (AvgIpc) is 2.64. The van der Waals surface area contributed by atoms with Crippen LogP contribution in [0.4, 0.5) is 0 Å². The van der Waals surface area contributed by atoms with Crippen LogP contribution in [-0.4, -0.2) is 15.0 Å². The molecule has 0 fully saturated rings. The minimum Gasteiger partial charge on any atom is -0.439 e. The van der Waals surface area contributed by atoms with E-state index in [9.17, 15) is 0 Å². The molecule has 3 aromatic rings. The number of ether oxygens (including phenoxy) is 1. The van der Waals surface area contributed by atoms with Gasteiger partial charge in [0.15, 0.2) is 0 Å². The Hall–Kier alpha value is -2.79. The fourth-order valence-electron chi connectivity index (χ4n) is 2.25. The second-order valence-corrected chi connectivity index (χ2v) is 5.35. The Labute approximate surface area is 141 Å². The molecule has 2 heterocycles. The quantitative estimate of drug-likeness (QED) is 0.722. The molecule has 5 nitrogen and oxygen atoms in total. The van der Waals surface area contributed by atoms with Crippen LogP contribution in [0, 0.1) is 0 Å². The standard InChI is InChI=1S/C19H20N4O/c1-2-18-22-12-15(13-23-18)11-20-14-16-7-6-10-21-19(16)24-17-8-4-3-5-9-17/h3-10,12-13,20H,2,11,14H2,1H3. The van der Waals surface area contributed by atoms with E-state index in [1.54, 1.807) is 6.20 Å². The number of para-hydroxylation sites is 1. The zero-order valence-corrected chi connectivity index (χ0v) is 13.6. The van der Waals surface area contributed by atoms with Gasteiger partial charge >= 0.3 is 0 Å². The number of nitrogens with one attached hydrogen (secondary N) is 1. The number of aromatic nitrogens is 3. The summed E-state index contributed by atoms with van der Waals surface area (Å²) in [7, 11) is 0. The van der Waals surface area contributed by atoms with Crippen LogP contribution >= 0.6 is 0 Å². The summed E-state index contributed by atoms with van der Waals surface area (Å²) < 4.78 is 5.87. The number of hydrogen-bond acceptors (Lipinski definition) is 5. The van der Waals surface area contributed by atoms with Crippen LogP contribution in [-0.2, 0) is 19.5 Å². The molecule has 0 amide bonds. The minimum absolute atomic E-state index is 0.619. The minimum atomic E-state index is 0.619. The normalized spacial score (nSPS) is 10.5. The predicted octanol–water partition coefficient (Wildman–Crippen LogP) is 3.52. The third-order valence-electron chi connectivity index (χ3n) is 3.53. The Morgan fingerprint density at radius 2 is 1.71 bits per heavy atom. The lowest BCUT2D eigenvalue weighted by Gasteiger charge is -2.10. The zero-order valence-electron chi connectivity index (χ0n) is 13.6. The van der Waals surface area contributed by atoms with Crippen molar-refractivity contribution in [1.82, 2.24) is 20.3 Å². The number of nitrogens with zero attached hydrogens (tertiary/aromatic N) is 3. The zero-order chi connectivity index (χ0) is 16.6. The van der Waals surface area contributed by atoms with Crippen molar-refractivity contribution in [2.75, 3.05) is 0 Å².